The maximum atomic E-state index is 11.8. The lowest BCUT2D eigenvalue weighted by Gasteiger charge is -2.26. The van der Waals surface area contributed by atoms with Gasteiger partial charge < -0.3 is 0 Å². The van der Waals surface area contributed by atoms with Gasteiger partial charge in [0.05, 0.1) is 10.00 Å². The molecule has 0 radical (unpaired) electrons. The van der Waals surface area contributed by atoms with Gasteiger partial charge in [0.1, 0.15) is 0 Å². The number of hydrogen-bond donors (Lipinski definition) is 0. The summed E-state index contributed by atoms with van der Waals surface area (Å²) in [7, 11) is -2.98. The van der Waals surface area contributed by atoms with Crippen LogP contribution >= 0.6 is 0 Å². The van der Waals surface area contributed by atoms with Gasteiger partial charge in [-0.1, -0.05) is 40.5 Å². The van der Waals surface area contributed by atoms with Gasteiger partial charge in [-0.15, -0.1) is 0 Å². The van der Waals surface area contributed by atoms with Crippen LogP contribution in [0.25, 0.3) is 0 Å². The van der Waals surface area contributed by atoms with Crippen molar-refractivity contribution in [3.8, 4) is 11.8 Å². The second-order valence-corrected chi connectivity index (χ2v) is 10.6. The van der Waals surface area contributed by atoms with Crippen molar-refractivity contribution in [2.24, 2.45) is 11.3 Å². The first kappa shape index (κ1) is 22.5. The third-order valence-electron chi connectivity index (χ3n) is 3.20. The fraction of sp³-hybridized carbons (Fsp3) is 0.824. The molecule has 3 nitrogen and oxygen atoms in total. The summed E-state index contributed by atoms with van der Waals surface area (Å²) in [5.41, 5.74) is -0.303. The van der Waals surface area contributed by atoms with E-state index in [-0.39, 0.29) is 22.4 Å². The first-order valence-corrected chi connectivity index (χ1v) is 8.84. The Morgan fingerprint density at radius 2 is 1.33 bits per heavy atom. The van der Waals surface area contributed by atoms with Crippen LogP contribution in [0.4, 0.5) is 0 Å². The smallest absolute Gasteiger partial charge is 0.210 e. The summed E-state index contributed by atoms with van der Waals surface area (Å²) in [5, 5.41) is -0.252. The minimum atomic E-state index is -2.98. The van der Waals surface area contributed by atoms with Crippen LogP contribution in [-0.4, -0.2) is 24.2 Å². The molecule has 21 heavy (non-hydrogen) atoms. The van der Waals surface area contributed by atoms with E-state index in [4.69, 9.17) is 0 Å². The zero-order valence-corrected chi connectivity index (χ0v) is 16.1. The molecule has 1 unspecified atom stereocenters. The first-order valence-electron chi connectivity index (χ1n) is 7.29. The summed E-state index contributed by atoms with van der Waals surface area (Å²) in [6.45, 7) is 18.2. The Balaban J connectivity index is 0. The summed E-state index contributed by atoms with van der Waals surface area (Å²) in [5.74, 6) is 5.26. The summed E-state index contributed by atoms with van der Waals surface area (Å²) in [6, 6.07) is 0. The van der Waals surface area contributed by atoms with E-state index in [9.17, 15) is 13.2 Å². The van der Waals surface area contributed by atoms with Crippen molar-refractivity contribution in [2.45, 2.75) is 79.2 Å². The van der Waals surface area contributed by atoms with Gasteiger partial charge in [0.25, 0.3) is 0 Å². The largest absolute Gasteiger partial charge is 0.284 e. The molecule has 0 aliphatic rings. The lowest BCUT2D eigenvalue weighted by molar-refractivity contribution is -0.120. The zero-order valence-electron chi connectivity index (χ0n) is 15.3. The lowest BCUT2D eigenvalue weighted by Crippen LogP contribution is -2.38. The van der Waals surface area contributed by atoms with Crippen molar-refractivity contribution in [3.05, 3.63) is 0 Å². The number of ketones is 1. The Labute approximate surface area is 131 Å². The molecule has 0 N–H and O–H groups in total. The van der Waals surface area contributed by atoms with E-state index in [0.717, 1.165) is 0 Å². The average molecular weight is 317 g/mol. The summed E-state index contributed by atoms with van der Waals surface area (Å²) in [6.07, 6.45) is 0. The highest BCUT2D eigenvalue weighted by molar-refractivity contribution is 7.93. The van der Waals surface area contributed by atoms with E-state index in [1.165, 1.54) is 0 Å². The highest BCUT2D eigenvalue weighted by Crippen LogP contribution is 2.24. The standard InChI is InChI=1S/C9H20O2S.C8H12O/c1-7(2)8(3)12(10,11)9(4,5)6;1-5-6-7(9)8(2,3)4/h7-8H,1-6H3;1-4H3. The second kappa shape index (κ2) is 7.98. The van der Waals surface area contributed by atoms with Crippen molar-refractivity contribution >= 4 is 15.6 Å². The van der Waals surface area contributed by atoms with Gasteiger partial charge in [0.2, 0.25) is 5.78 Å². The van der Waals surface area contributed by atoms with Gasteiger partial charge in [-0.25, -0.2) is 8.42 Å². The van der Waals surface area contributed by atoms with Crippen LogP contribution in [0.15, 0.2) is 0 Å². The van der Waals surface area contributed by atoms with Crippen LogP contribution in [0.5, 0.6) is 0 Å². The summed E-state index contributed by atoms with van der Waals surface area (Å²) >= 11 is 0. The number of sulfone groups is 1. The molecule has 0 aromatic heterocycles. The molecule has 0 aromatic rings. The van der Waals surface area contributed by atoms with E-state index in [2.05, 4.69) is 11.8 Å². The molecule has 0 spiro atoms. The number of carbonyl (C=O) groups is 1. The van der Waals surface area contributed by atoms with Crippen molar-refractivity contribution in [2.75, 3.05) is 0 Å². The zero-order chi connectivity index (χ0) is 17.6. The number of carbonyl (C=O) groups excluding carboxylic acids is 1. The fourth-order valence-corrected chi connectivity index (χ4v) is 3.05. The van der Waals surface area contributed by atoms with E-state index in [1.54, 1.807) is 34.6 Å². The van der Waals surface area contributed by atoms with Crippen molar-refractivity contribution in [3.63, 3.8) is 0 Å². The lowest BCUT2D eigenvalue weighted by atomic mass is 9.91. The van der Waals surface area contributed by atoms with Crippen molar-refractivity contribution < 1.29 is 13.2 Å². The quantitative estimate of drug-likeness (QED) is 0.574. The molecule has 4 heteroatoms. The topological polar surface area (TPSA) is 51.2 Å². The third-order valence-corrected chi connectivity index (χ3v) is 6.43. The van der Waals surface area contributed by atoms with E-state index < -0.39 is 14.6 Å². The Bertz CT molecular complexity index is 489. The number of Topliss-reactive ketones (excluding diaryl/α,β-unsaturated/α-hetero) is 1. The molecule has 0 aliphatic carbocycles. The summed E-state index contributed by atoms with van der Waals surface area (Å²) in [4.78, 5) is 10.9. The maximum absolute atomic E-state index is 11.8. The molecule has 0 bridgehead atoms. The van der Waals surface area contributed by atoms with Crippen LogP contribution < -0.4 is 0 Å². The average Bonchev–Trinajstić information content (AvgIpc) is 2.26. The molecule has 0 heterocycles. The van der Waals surface area contributed by atoms with Crippen LogP contribution in [0.2, 0.25) is 0 Å². The molecule has 0 amide bonds. The number of rotatable bonds is 2. The second-order valence-electron chi connectivity index (χ2n) is 7.56. The first-order chi connectivity index (χ1) is 9.09. The minimum absolute atomic E-state index is 0.00463. The Morgan fingerprint density at radius 3 is 1.43 bits per heavy atom. The highest BCUT2D eigenvalue weighted by atomic mass is 32.2. The molecule has 0 fully saturated rings. The maximum Gasteiger partial charge on any atom is 0.210 e. The molecular formula is C17H32O3S. The molecule has 0 saturated carbocycles. The van der Waals surface area contributed by atoms with E-state index >= 15 is 0 Å². The molecule has 0 aliphatic heterocycles. The molecule has 0 saturated heterocycles. The van der Waals surface area contributed by atoms with Crippen molar-refractivity contribution in [1.29, 1.82) is 0 Å². The third kappa shape index (κ3) is 7.66. The Hall–Kier alpha value is -0.820. The fourth-order valence-electron chi connectivity index (χ4n) is 1.22. The Kier molecular flexibility index (Phi) is 8.54. The van der Waals surface area contributed by atoms with Gasteiger partial charge >= 0.3 is 0 Å². The SMILES string of the molecule is CC#CC(=O)C(C)(C)C.CC(C)C(C)S(=O)(=O)C(C)(C)C. The molecule has 0 aromatic carbocycles. The minimum Gasteiger partial charge on any atom is -0.284 e. The van der Waals surface area contributed by atoms with E-state index in [0.29, 0.717) is 0 Å². The van der Waals surface area contributed by atoms with Crippen LogP contribution in [-0.2, 0) is 14.6 Å². The monoisotopic (exact) mass is 316 g/mol. The van der Waals surface area contributed by atoms with Gasteiger partial charge in [-0.2, -0.15) is 0 Å². The molecule has 0 rings (SSSR count). The molecule has 124 valence electrons. The predicted molar refractivity (Wildman–Crippen MR) is 90.9 cm³/mol. The van der Waals surface area contributed by atoms with Crippen LogP contribution in [0.3, 0.4) is 0 Å². The normalized spacial score (nSPS) is 13.7. The van der Waals surface area contributed by atoms with Gasteiger partial charge in [0, 0.05) is 5.41 Å². The van der Waals surface area contributed by atoms with Crippen LogP contribution in [0, 0.1) is 23.2 Å². The predicted octanol–water partition coefficient (Wildman–Crippen LogP) is 3.87. The molecule has 1 atom stereocenters. The van der Waals surface area contributed by atoms with Gasteiger partial charge in [0.15, 0.2) is 9.84 Å². The highest BCUT2D eigenvalue weighted by Gasteiger charge is 2.35. The van der Waals surface area contributed by atoms with Crippen molar-refractivity contribution in [1.82, 2.24) is 0 Å². The van der Waals surface area contributed by atoms with Crippen LogP contribution in [0.1, 0.15) is 69.2 Å². The van der Waals surface area contributed by atoms with Gasteiger partial charge in [-0.3, -0.25) is 4.79 Å². The Morgan fingerprint density at radius 1 is 0.952 bits per heavy atom. The number of hydrogen-bond acceptors (Lipinski definition) is 3. The van der Waals surface area contributed by atoms with E-state index in [1.807, 2.05) is 34.6 Å². The van der Waals surface area contributed by atoms with Gasteiger partial charge in [-0.05, 0) is 46.5 Å². The summed E-state index contributed by atoms with van der Waals surface area (Å²) < 4.78 is 23.0. The molecular weight excluding hydrogens is 284 g/mol.